The number of allylic oxidation sites excluding steroid dienone is 1. The Hall–Kier alpha value is -2.96. The smallest absolute Gasteiger partial charge is 0.312 e. The highest BCUT2D eigenvalue weighted by Gasteiger charge is 2.78. The molecule has 3 fully saturated rings. The van der Waals surface area contributed by atoms with Gasteiger partial charge in [-0.25, -0.2) is 0 Å². The van der Waals surface area contributed by atoms with Gasteiger partial charge < -0.3 is 33.5 Å². The van der Waals surface area contributed by atoms with Crippen molar-refractivity contribution >= 4 is 41.4 Å². The molecule has 2 aliphatic heterocycles. The minimum absolute atomic E-state index is 0.0206. The molecule has 2 saturated heterocycles. The fourth-order valence-electron chi connectivity index (χ4n) is 6.81. The molecule has 226 valence electrons. The summed E-state index contributed by atoms with van der Waals surface area (Å²) < 4.78 is 34.7. The normalized spacial score (nSPS) is 44.0. The van der Waals surface area contributed by atoms with Crippen LogP contribution in [0.3, 0.4) is 0 Å². The first-order chi connectivity index (χ1) is 19.0. The molecule has 1 spiro atoms. The number of hydrogen-bond donors (Lipinski definition) is 1. The number of halogens is 1. The zero-order valence-corrected chi connectivity index (χ0v) is 24.5. The van der Waals surface area contributed by atoms with Gasteiger partial charge in [0.1, 0.15) is 30.0 Å². The predicted octanol–water partition coefficient (Wildman–Crippen LogP) is 1.53. The van der Waals surface area contributed by atoms with Gasteiger partial charge in [-0.1, -0.05) is 19.6 Å². The van der Waals surface area contributed by atoms with E-state index in [1.165, 1.54) is 39.8 Å². The summed E-state index contributed by atoms with van der Waals surface area (Å²) in [4.78, 5) is 62.8. The van der Waals surface area contributed by atoms with Crippen LogP contribution in [0.5, 0.6) is 0 Å². The van der Waals surface area contributed by atoms with Crippen molar-refractivity contribution in [1.29, 1.82) is 0 Å². The fourth-order valence-corrected chi connectivity index (χ4v) is 7.13. The Kier molecular flexibility index (Phi) is 8.09. The highest BCUT2D eigenvalue weighted by atomic mass is 35.5. The topological polar surface area (TPSA) is 164 Å². The quantitative estimate of drug-likeness (QED) is 0.215. The Morgan fingerprint density at radius 3 is 2.05 bits per heavy atom. The molecule has 13 heteroatoms. The summed E-state index contributed by atoms with van der Waals surface area (Å²) in [6, 6.07) is 0. The second-order valence-electron chi connectivity index (χ2n) is 11.4. The standard InChI is InChI=1S/C28H35ClO12/c1-12-8-9-18(37-14(3)30)26(7)19(38-15(4)31)10-20(39-16(5)32)27(11-36-27)22(26)24(40-17(6)33)28(35)13(2)25(34)41-23(28)21(12)29/h8-9,13,18-24,35H,1,10-11H2,2-7H3/b9-8+/t13-,18-,19-,20+,21-,22+,23-,24?,26-,27+,28-/m0/s1. The summed E-state index contributed by atoms with van der Waals surface area (Å²) in [5.41, 5.74) is -5.00. The van der Waals surface area contributed by atoms with Crippen molar-refractivity contribution in [2.75, 3.05) is 6.61 Å². The zero-order valence-electron chi connectivity index (χ0n) is 23.7. The van der Waals surface area contributed by atoms with E-state index in [0.717, 1.165) is 6.92 Å². The Morgan fingerprint density at radius 1 is 1.00 bits per heavy atom. The van der Waals surface area contributed by atoms with Crippen LogP contribution in [-0.2, 0) is 52.4 Å². The highest BCUT2D eigenvalue weighted by Crippen LogP contribution is 2.63. The monoisotopic (exact) mass is 598 g/mol. The SMILES string of the molecule is C=C1/C=C/[C@H](OC(C)=O)[C@@]2(C)[C@@H](OC(C)=O)C[C@@H](OC(C)=O)[C@]3(CO3)[C@@H]2C(OC(C)=O)[C@]2(O)[C@@H](C)C(=O)O[C@H]2[C@H]1Cl. The molecular weight excluding hydrogens is 564 g/mol. The van der Waals surface area contributed by atoms with Crippen molar-refractivity contribution in [2.45, 2.75) is 95.1 Å². The lowest BCUT2D eigenvalue weighted by atomic mass is 9.52. The lowest BCUT2D eigenvalue weighted by Crippen LogP contribution is -2.72. The molecule has 2 aliphatic carbocycles. The number of epoxide rings is 1. The average molecular weight is 599 g/mol. The van der Waals surface area contributed by atoms with Crippen molar-refractivity contribution in [3.63, 3.8) is 0 Å². The summed E-state index contributed by atoms with van der Waals surface area (Å²) >= 11 is 6.73. The summed E-state index contributed by atoms with van der Waals surface area (Å²) in [5.74, 6) is -6.15. The predicted molar refractivity (Wildman–Crippen MR) is 139 cm³/mol. The Balaban J connectivity index is 2.09. The van der Waals surface area contributed by atoms with Gasteiger partial charge in [-0.3, -0.25) is 24.0 Å². The Labute approximate surface area is 242 Å². The van der Waals surface area contributed by atoms with Gasteiger partial charge in [-0.15, -0.1) is 11.6 Å². The fraction of sp³-hybridized carbons (Fsp3) is 0.679. The van der Waals surface area contributed by atoms with Crippen LogP contribution in [0.1, 0.15) is 48.0 Å². The molecule has 0 aromatic heterocycles. The third kappa shape index (κ3) is 5.03. The molecule has 0 amide bonds. The molecule has 12 nitrogen and oxygen atoms in total. The molecule has 11 atom stereocenters. The molecule has 2 heterocycles. The van der Waals surface area contributed by atoms with Gasteiger partial charge in [-0.05, 0) is 18.6 Å². The summed E-state index contributed by atoms with van der Waals surface area (Å²) in [6.45, 7) is 11.7. The molecule has 1 saturated carbocycles. The van der Waals surface area contributed by atoms with Gasteiger partial charge in [0, 0.05) is 40.0 Å². The van der Waals surface area contributed by atoms with Crippen LogP contribution in [0.25, 0.3) is 0 Å². The van der Waals surface area contributed by atoms with E-state index in [1.54, 1.807) is 6.92 Å². The third-order valence-corrected chi connectivity index (χ3v) is 9.28. The number of carbonyl (C=O) groups excluding carboxylic acids is 5. The van der Waals surface area contributed by atoms with E-state index in [2.05, 4.69) is 6.58 Å². The Bertz CT molecular complexity index is 1190. The van der Waals surface area contributed by atoms with Crippen molar-refractivity contribution in [3.05, 3.63) is 24.3 Å². The molecule has 41 heavy (non-hydrogen) atoms. The summed E-state index contributed by atoms with van der Waals surface area (Å²) in [6.07, 6.45) is -3.54. The Morgan fingerprint density at radius 2 is 1.54 bits per heavy atom. The number of aliphatic hydroxyl groups is 1. The van der Waals surface area contributed by atoms with Crippen LogP contribution in [0.2, 0.25) is 0 Å². The summed E-state index contributed by atoms with van der Waals surface area (Å²) in [7, 11) is 0. The number of fused-ring (bicyclic) bond motifs is 3. The summed E-state index contributed by atoms with van der Waals surface area (Å²) in [5, 5.41) is 11.3. The molecule has 1 unspecified atom stereocenters. The number of rotatable bonds is 4. The largest absolute Gasteiger partial charge is 0.462 e. The molecule has 4 rings (SSSR count). The first-order valence-corrected chi connectivity index (χ1v) is 13.7. The van der Waals surface area contributed by atoms with Crippen LogP contribution < -0.4 is 0 Å². The molecule has 4 aliphatic rings. The van der Waals surface area contributed by atoms with Crippen molar-refractivity contribution in [2.24, 2.45) is 17.3 Å². The first-order valence-electron chi connectivity index (χ1n) is 13.3. The molecular formula is C28H35ClO12. The minimum Gasteiger partial charge on any atom is -0.462 e. The number of esters is 5. The van der Waals surface area contributed by atoms with Crippen LogP contribution in [0, 0.1) is 17.3 Å². The molecule has 0 aromatic carbocycles. The zero-order chi connectivity index (χ0) is 30.7. The molecule has 0 radical (unpaired) electrons. The third-order valence-electron chi connectivity index (χ3n) is 8.77. The average Bonchev–Trinajstić information content (AvgIpc) is 3.61. The molecule has 0 bridgehead atoms. The number of hydrogen-bond acceptors (Lipinski definition) is 12. The van der Waals surface area contributed by atoms with Crippen molar-refractivity contribution in [1.82, 2.24) is 0 Å². The van der Waals surface area contributed by atoms with E-state index in [9.17, 15) is 29.1 Å². The van der Waals surface area contributed by atoms with Gasteiger partial charge in [-0.2, -0.15) is 0 Å². The van der Waals surface area contributed by atoms with E-state index >= 15 is 0 Å². The van der Waals surface area contributed by atoms with Gasteiger partial charge in [0.15, 0.2) is 11.7 Å². The molecule has 1 N–H and O–H groups in total. The van der Waals surface area contributed by atoms with Crippen LogP contribution in [0.4, 0.5) is 0 Å². The van der Waals surface area contributed by atoms with Gasteiger partial charge in [0.25, 0.3) is 0 Å². The van der Waals surface area contributed by atoms with Crippen molar-refractivity contribution in [3.8, 4) is 0 Å². The van der Waals surface area contributed by atoms with E-state index in [4.69, 9.17) is 40.0 Å². The number of ether oxygens (including phenoxy) is 6. The van der Waals surface area contributed by atoms with Crippen LogP contribution >= 0.6 is 11.6 Å². The first kappa shape index (κ1) is 31.0. The van der Waals surface area contributed by atoms with Gasteiger partial charge in [0.05, 0.1) is 23.3 Å². The van der Waals surface area contributed by atoms with Crippen molar-refractivity contribution < 1.29 is 57.5 Å². The van der Waals surface area contributed by atoms with Gasteiger partial charge in [0.2, 0.25) is 0 Å². The van der Waals surface area contributed by atoms with E-state index in [1.807, 2.05) is 0 Å². The maximum Gasteiger partial charge on any atom is 0.312 e. The number of carbonyl (C=O) groups is 5. The van der Waals surface area contributed by atoms with E-state index in [-0.39, 0.29) is 18.6 Å². The molecule has 0 aromatic rings. The lowest BCUT2D eigenvalue weighted by Gasteiger charge is -2.57. The second kappa shape index (κ2) is 10.7. The maximum atomic E-state index is 13.0. The highest BCUT2D eigenvalue weighted by molar-refractivity contribution is 6.23. The van der Waals surface area contributed by atoms with Crippen LogP contribution in [0.15, 0.2) is 24.3 Å². The van der Waals surface area contributed by atoms with E-state index < -0.39 is 94.2 Å². The van der Waals surface area contributed by atoms with Crippen LogP contribution in [-0.4, -0.2) is 88.7 Å². The lowest BCUT2D eigenvalue weighted by molar-refractivity contribution is -0.254. The van der Waals surface area contributed by atoms with E-state index in [0.29, 0.717) is 0 Å². The maximum absolute atomic E-state index is 13.0. The van der Waals surface area contributed by atoms with Gasteiger partial charge >= 0.3 is 29.8 Å². The minimum atomic E-state index is -2.28. The second-order valence-corrected chi connectivity index (χ2v) is 11.9. The number of alkyl halides is 1.